The Morgan fingerprint density at radius 3 is 2.88 bits per heavy atom. The molecule has 1 aromatic rings. The van der Waals surface area contributed by atoms with Gasteiger partial charge < -0.3 is 10.6 Å². The third-order valence-corrected chi connectivity index (χ3v) is 2.60. The van der Waals surface area contributed by atoms with Gasteiger partial charge in [0.15, 0.2) is 0 Å². The molecule has 1 heterocycles. The van der Waals surface area contributed by atoms with E-state index >= 15 is 0 Å². The van der Waals surface area contributed by atoms with Crippen LogP contribution in [0.25, 0.3) is 0 Å². The molecule has 0 aromatic carbocycles. The molecule has 1 aliphatic carbocycles. The van der Waals surface area contributed by atoms with Gasteiger partial charge in [-0.05, 0) is 26.2 Å². The second-order valence-corrected chi connectivity index (χ2v) is 4.42. The highest BCUT2D eigenvalue weighted by atomic mass is 15.2. The molecule has 0 aliphatic heterocycles. The molecule has 1 aliphatic rings. The zero-order chi connectivity index (χ0) is 11.4. The number of anilines is 2. The van der Waals surface area contributed by atoms with Crippen LogP contribution >= 0.6 is 0 Å². The van der Waals surface area contributed by atoms with Crippen LogP contribution in [0.1, 0.15) is 38.3 Å². The minimum Gasteiger partial charge on any atom is -0.370 e. The quantitative estimate of drug-likeness (QED) is 0.723. The van der Waals surface area contributed by atoms with E-state index < -0.39 is 0 Å². The monoisotopic (exact) mass is 220 g/mol. The van der Waals surface area contributed by atoms with Crippen molar-refractivity contribution in [3.63, 3.8) is 0 Å². The third-order valence-electron chi connectivity index (χ3n) is 2.60. The number of hydrogen-bond acceptors (Lipinski definition) is 4. The van der Waals surface area contributed by atoms with Crippen molar-refractivity contribution in [2.45, 2.75) is 45.6 Å². The highest BCUT2D eigenvalue weighted by Crippen LogP contribution is 2.23. The van der Waals surface area contributed by atoms with Gasteiger partial charge in [0.05, 0.1) is 0 Å². The summed E-state index contributed by atoms with van der Waals surface area (Å²) in [6, 6.07) is 2.60. The Morgan fingerprint density at radius 1 is 1.38 bits per heavy atom. The van der Waals surface area contributed by atoms with Gasteiger partial charge in [-0.3, -0.25) is 0 Å². The van der Waals surface area contributed by atoms with Crippen LogP contribution in [0.15, 0.2) is 6.07 Å². The highest BCUT2D eigenvalue weighted by molar-refractivity contribution is 5.42. The molecule has 1 fully saturated rings. The van der Waals surface area contributed by atoms with E-state index in [4.69, 9.17) is 0 Å². The van der Waals surface area contributed by atoms with Gasteiger partial charge in [0.1, 0.15) is 5.82 Å². The average molecular weight is 220 g/mol. The van der Waals surface area contributed by atoms with Crippen molar-refractivity contribution >= 4 is 11.8 Å². The van der Waals surface area contributed by atoms with Gasteiger partial charge in [0.2, 0.25) is 5.95 Å². The fourth-order valence-electron chi connectivity index (χ4n) is 1.53. The first-order valence-corrected chi connectivity index (χ1v) is 6.14. The van der Waals surface area contributed by atoms with Crippen molar-refractivity contribution in [3.8, 4) is 0 Å². The summed E-state index contributed by atoms with van der Waals surface area (Å²) in [6.45, 7) is 5.17. The number of hydrogen-bond donors (Lipinski definition) is 2. The van der Waals surface area contributed by atoms with Gasteiger partial charge in [-0.15, -0.1) is 0 Å². The molecule has 16 heavy (non-hydrogen) atoms. The van der Waals surface area contributed by atoms with Gasteiger partial charge in [-0.1, -0.05) is 13.3 Å². The number of rotatable bonds is 6. The lowest BCUT2D eigenvalue weighted by atomic mass is 10.3. The molecule has 0 unspecified atom stereocenters. The first-order chi connectivity index (χ1) is 7.78. The van der Waals surface area contributed by atoms with Crippen LogP contribution in [0.5, 0.6) is 0 Å². The van der Waals surface area contributed by atoms with Gasteiger partial charge in [-0.2, -0.15) is 4.98 Å². The highest BCUT2D eigenvalue weighted by Gasteiger charge is 2.22. The molecule has 2 N–H and O–H groups in total. The van der Waals surface area contributed by atoms with Crippen LogP contribution in [-0.2, 0) is 0 Å². The second kappa shape index (κ2) is 5.14. The van der Waals surface area contributed by atoms with Crippen LogP contribution < -0.4 is 10.6 Å². The van der Waals surface area contributed by atoms with E-state index in [-0.39, 0.29) is 0 Å². The Kier molecular flexibility index (Phi) is 3.59. The Bertz CT molecular complexity index is 347. The van der Waals surface area contributed by atoms with E-state index in [1.54, 1.807) is 0 Å². The summed E-state index contributed by atoms with van der Waals surface area (Å²) < 4.78 is 0. The summed E-state index contributed by atoms with van der Waals surface area (Å²) in [5, 5.41) is 6.65. The van der Waals surface area contributed by atoms with E-state index in [9.17, 15) is 0 Å². The first kappa shape index (κ1) is 11.2. The van der Waals surface area contributed by atoms with Gasteiger partial charge in [0.25, 0.3) is 0 Å². The number of nitrogens with one attached hydrogen (secondary N) is 2. The smallest absolute Gasteiger partial charge is 0.225 e. The maximum atomic E-state index is 4.45. The van der Waals surface area contributed by atoms with E-state index in [0.717, 1.165) is 24.0 Å². The SMILES string of the molecule is CCCCNc1cc(C)nc(NC2CC2)n1. The fraction of sp³-hybridized carbons (Fsp3) is 0.667. The summed E-state index contributed by atoms with van der Waals surface area (Å²) >= 11 is 0. The summed E-state index contributed by atoms with van der Waals surface area (Å²) in [5.74, 6) is 1.70. The van der Waals surface area contributed by atoms with Gasteiger partial charge in [-0.25, -0.2) is 4.98 Å². The molecular formula is C12H20N4. The lowest BCUT2D eigenvalue weighted by Gasteiger charge is -2.08. The minimum absolute atomic E-state index is 0.602. The molecule has 0 spiro atoms. The second-order valence-electron chi connectivity index (χ2n) is 4.42. The zero-order valence-corrected chi connectivity index (χ0v) is 10.1. The van der Waals surface area contributed by atoms with Crippen molar-refractivity contribution in [3.05, 3.63) is 11.8 Å². The molecular weight excluding hydrogens is 200 g/mol. The van der Waals surface area contributed by atoms with E-state index in [0.29, 0.717) is 6.04 Å². The van der Waals surface area contributed by atoms with Crippen LogP contribution in [0, 0.1) is 6.92 Å². The molecule has 0 bridgehead atoms. The van der Waals surface area contributed by atoms with Crippen molar-refractivity contribution in [1.29, 1.82) is 0 Å². The molecule has 4 heteroatoms. The third kappa shape index (κ3) is 3.36. The first-order valence-electron chi connectivity index (χ1n) is 6.14. The zero-order valence-electron chi connectivity index (χ0n) is 10.1. The van der Waals surface area contributed by atoms with E-state index in [1.807, 2.05) is 13.0 Å². The lowest BCUT2D eigenvalue weighted by Crippen LogP contribution is -2.09. The maximum absolute atomic E-state index is 4.45. The molecule has 0 saturated heterocycles. The lowest BCUT2D eigenvalue weighted by molar-refractivity contribution is 0.829. The Hall–Kier alpha value is -1.32. The van der Waals surface area contributed by atoms with Crippen molar-refractivity contribution in [2.75, 3.05) is 17.2 Å². The van der Waals surface area contributed by atoms with Crippen LogP contribution in [-0.4, -0.2) is 22.6 Å². The summed E-state index contributed by atoms with van der Waals surface area (Å²) in [6.07, 6.45) is 4.87. The molecule has 88 valence electrons. The number of unbranched alkanes of at least 4 members (excludes halogenated alkanes) is 1. The molecule has 0 amide bonds. The summed E-state index contributed by atoms with van der Waals surface area (Å²) in [7, 11) is 0. The maximum Gasteiger partial charge on any atom is 0.225 e. The van der Waals surface area contributed by atoms with E-state index in [1.165, 1.54) is 25.7 Å². The molecule has 1 aromatic heterocycles. The number of aromatic nitrogens is 2. The van der Waals surface area contributed by atoms with Gasteiger partial charge >= 0.3 is 0 Å². The summed E-state index contributed by atoms with van der Waals surface area (Å²) in [4.78, 5) is 8.83. The predicted octanol–water partition coefficient (Wildman–Crippen LogP) is 2.57. The fourth-order valence-corrected chi connectivity index (χ4v) is 1.53. The van der Waals surface area contributed by atoms with Crippen molar-refractivity contribution < 1.29 is 0 Å². The van der Waals surface area contributed by atoms with E-state index in [2.05, 4.69) is 27.5 Å². The molecule has 1 saturated carbocycles. The van der Waals surface area contributed by atoms with Crippen molar-refractivity contribution in [2.24, 2.45) is 0 Å². The van der Waals surface area contributed by atoms with Crippen LogP contribution in [0.2, 0.25) is 0 Å². The number of nitrogens with zero attached hydrogens (tertiary/aromatic N) is 2. The molecule has 0 atom stereocenters. The average Bonchev–Trinajstić information content (AvgIpc) is 3.01. The van der Waals surface area contributed by atoms with Crippen LogP contribution in [0.3, 0.4) is 0 Å². The topological polar surface area (TPSA) is 49.8 Å². The van der Waals surface area contributed by atoms with Crippen molar-refractivity contribution in [1.82, 2.24) is 9.97 Å². The molecule has 0 radical (unpaired) electrons. The normalized spacial score (nSPS) is 14.9. The minimum atomic E-state index is 0.602. The Labute approximate surface area is 96.9 Å². The van der Waals surface area contributed by atoms with Gasteiger partial charge in [0, 0.05) is 24.3 Å². The molecule has 2 rings (SSSR count). The molecule has 4 nitrogen and oxygen atoms in total. The van der Waals surface area contributed by atoms with Crippen LogP contribution in [0.4, 0.5) is 11.8 Å². The Balaban J connectivity index is 1.96. The predicted molar refractivity (Wildman–Crippen MR) is 66.8 cm³/mol. The standard InChI is InChI=1S/C12H20N4/c1-3-4-7-13-11-8-9(2)14-12(16-11)15-10-5-6-10/h8,10H,3-7H2,1-2H3,(H2,13,14,15,16). The Morgan fingerprint density at radius 2 is 2.19 bits per heavy atom. The number of aryl methyl sites for hydroxylation is 1. The summed E-state index contributed by atoms with van der Waals surface area (Å²) in [5.41, 5.74) is 1.01. The largest absolute Gasteiger partial charge is 0.370 e.